The SMILES string of the molecule is Cn1cc(C(=O)NCC(c2ccccc2)C(F)(F)F)c2ccccc2c1=O. The summed E-state index contributed by atoms with van der Waals surface area (Å²) in [6.07, 6.45) is -3.16. The van der Waals surface area contributed by atoms with Gasteiger partial charge in [0.2, 0.25) is 0 Å². The van der Waals surface area contributed by atoms with E-state index in [1.54, 1.807) is 30.3 Å². The first-order valence-electron chi connectivity index (χ1n) is 8.27. The summed E-state index contributed by atoms with van der Waals surface area (Å²) in [5, 5.41) is 3.11. The minimum atomic E-state index is -4.50. The van der Waals surface area contributed by atoms with E-state index < -0.39 is 24.5 Å². The number of hydrogen-bond acceptors (Lipinski definition) is 2. The van der Waals surface area contributed by atoms with E-state index in [0.29, 0.717) is 10.8 Å². The average Bonchev–Trinajstić information content (AvgIpc) is 2.64. The molecule has 0 bridgehead atoms. The second-order valence-electron chi connectivity index (χ2n) is 6.22. The number of nitrogens with one attached hydrogen (secondary N) is 1. The standard InChI is InChI=1S/C20H17F3N2O2/c1-25-12-16(14-9-5-6-10-15(14)19(25)27)18(26)24-11-17(20(21,22)23)13-7-3-2-4-8-13/h2-10,12,17H,11H2,1H3,(H,24,26). The highest BCUT2D eigenvalue weighted by atomic mass is 19.4. The molecule has 0 saturated heterocycles. The van der Waals surface area contributed by atoms with Gasteiger partial charge in [-0.05, 0) is 11.6 Å². The zero-order valence-electron chi connectivity index (χ0n) is 14.5. The van der Waals surface area contributed by atoms with Crippen molar-refractivity contribution in [3.63, 3.8) is 0 Å². The lowest BCUT2D eigenvalue weighted by atomic mass is 9.98. The molecule has 4 nitrogen and oxygen atoms in total. The molecule has 7 heteroatoms. The summed E-state index contributed by atoms with van der Waals surface area (Å²) in [5.74, 6) is -2.48. The highest BCUT2D eigenvalue weighted by Crippen LogP contribution is 2.34. The molecule has 1 aromatic heterocycles. The van der Waals surface area contributed by atoms with Gasteiger partial charge in [-0.15, -0.1) is 0 Å². The van der Waals surface area contributed by atoms with Crippen LogP contribution in [0.5, 0.6) is 0 Å². The summed E-state index contributed by atoms with van der Waals surface area (Å²) in [6, 6.07) is 14.0. The number of pyridine rings is 1. The van der Waals surface area contributed by atoms with Crippen LogP contribution in [-0.2, 0) is 7.05 Å². The van der Waals surface area contributed by atoms with Crippen LogP contribution in [0.15, 0.2) is 65.6 Å². The fraction of sp³-hybridized carbons (Fsp3) is 0.200. The highest BCUT2D eigenvalue weighted by molar-refractivity contribution is 6.06. The van der Waals surface area contributed by atoms with E-state index in [0.717, 1.165) is 0 Å². The predicted molar refractivity (Wildman–Crippen MR) is 96.8 cm³/mol. The van der Waals surface area contributed by atoms with E-state index in [1.807, 2.05) is 0 Å². The number of aromatic nitrogens is 1. The van der Waals surface area contributed by atoms with E-state index in [4.69, 9.17) is 0 Å². The van der Waals surface area contributed by atoms with E-state index in [2.05, 4.69) is 5.32 Å². The first kappa shape index (κ1) is 18.7. The number of benzene rings is 2. The molecule has 0 aliphatic carbocycles. The molecule has 3 aromatic rings. The number of hydrogen-bond donors (Lipinski definition) is 1. The summed E-state index contributed by atoms with van der Waals surface area (Å²) in [6.45, 7) is -0.594. The summed E-state index contributed by atoms with van der Waals surface area (Å²) < 4.78 is 41.5. The molecule has 140 valence electrons. The lowest BCUT2D eigenvalue weighted by molar-refractivity contribution is -0.149. The molecule has 3 rings (SSSR count). The van der Waals surface area contributed by atoms with Gasteiger partial charge >= 0.3 is 6.18 Å². The van der Waals surface area contributed by atoms with Crippen molar-refractivity contribution >= 4 is 16.7 Å². The largest absolute Gasteiger partial charge is 0.397 e. The van der Waals surface area contributed by atoms with Crippen LogP contribution >= 0.6 is 0 Å². The van der Waals surface area contributed by atoms with Crippen LogP contribution in [0.2, 0.25) is 0 Å². The Bertz CT molecular complexity index is 1030. The maximum atomic E-state index is 13.4. The van der Waals surface area contributed by atoms with Crippen molar-refractivity contribution in [2.75, 3.05) is 6.54 Å². The van der Waals surface area contributed by atoms with Crippen LogP contribution in [0.4, 0.5) is 13.2 Å². The fourth-order valence-corrected chi connectivity index (χ4v) is 3.00. The number of alkyl halides is 3. The topological polar surface area (TPSA) is 51.1 Å². The monoisotopic (exact) mass is 374 g/mol. The molecule has 0 radical (unpaired) electrons. The highest BCUT2D eigenvalue weighted by Gasteiger charge is 2.40. The second kappa shape index (κ2) is 7.26. The summed E-state index contributed by atoms with van der Waals surface area (Å²) in [4.78, 5) is 24.8. The predicted octanol–water partition coefficient (Wildman–Crippen LogP) is 3.61. The third kappa shape index (κ3) is 3.86. The van der Waals surface area contributed by atoms with E-state index in [1.165, 1.54) is 42.1 Å². The Morgan fingerprint density at radius 3 is 2.26 bits per heavy atom. The smallest absolute Gasteiger partial charge is 0.351 e. The second-order valence-corrected chi connectivity index (χ2v) is 6.22. The Kier molecular flexibility index (Phi) is 5.03. The minimum Gasteiger partial charge on any atom is -0.351 e. The van der Waals surface area contributed by atoms with Gasteiger partial charge < -0.3 is 9.88 Å². The number of amides is 1. The molecule has 1 heterocycles. The third-order valence-electron chi connectivity index (χ3n) is 4.40. The number of halogens is 3. The van der Waals surface area contributed by atoms with Gasteiger partial charge in [-0.1, -0.05) is 48.5 Å². The van der Waals surface area contributed by atoms with Gasteiger partial charge in [-0.3, -0.25) is 9.59 Å². The van der Waals surface area contributed by atoms with Crippen molar-refractivity contribution < 1.29 is 18.0 Å². The van der Waals surface area contributed by atoms with Crippen LogP contribution in [0, 0.1) is 0 Å². The van der Waals surface area contributed by atoms with Gasteiger partial charge in [0, 0.05) is 30.6 Å². The number of nitrogens with zero attached hydrogens (tertiary/aromatic N) is 1. The van der Waals surface area contributed by atoms with Crippen molar-refractivity contribution in [1.29, 1.82) is 0 Å². The number of rotatable bonds is 4. The van der Waals surface area contributed by atoms with E-state index in [-0.39, 0.29) is 16.7 Å². The van der Waals surface area contributed by atoms with Crippen LogP contribution < -0.4 is 10.9 Å². The molecular weight excluding hydrogens is 357 g/mol. The number of carbonyl (C=O) groups excluding carboxylic acids is 1. The molecule has 0 aliphatic heterocycles. The van der Waals surface area contributed by atoms with Crippen LogP contribution in [0.25, 0.3) is 10.8 Å². The molecule has 1 unspecified atom stereocenters. The van der Waals surface area contributed by atoms with Gasteiger partial charge in [-0.25, -0.2) is 0 Å². The Labute approximate surface area is 153 Å². The third-order valence-corrected chi connectivity index (χ3v) is 4.40. The summed E-state index contributed by atoms with van der Waals surface area (Å²) >= 11 is 0. The Balaban J connectivity index is 1.91. The van der Waals surface area contributed by atoms with Crippen molar-refractivity contribution in [3.8, 4) is 0 Å². The first-order valence-corrected chi connectivity index (χ1v) is 8.27. The molecule has 0 aliphatic rings. The lowest BCUT2D eigenvalue weighted by Gasteiger charge is -2.21. The van der Waals surface area contributed by atoms with Crippen molar-refractivity contribution in [2.45, 2.75) is 12.1 Å². The Hall–Kier alpha value is -3.09. The van der Waals surface area contributed by atoms with Crippen molar-refractivity contribution in [1.82, 2.24) is 9.88 Å². The van der Waals surface area contributed by atoms with Crippen molar-refractivity contribution in [2.24, 2.45) is 7.05 Å². The van der Waals surface area contributed by atoms with Crippen LogP contribution in [0.1, 0.15) is 21.8 Å². The number of fused-ring (bicyclic) bond motifs is 1. The molecule has 1 N–H and O–H groups in total. The van der Waals surface area contributed by atoms with Gasteiger partial charge in [0.05, 0.1) is 11.5 Å². The zero-order chi connectivity index (χ0) is 19.6. The molecule has 27 heavy (non-hydrogen) atoms. The summed E-state index contributed by atoms with van der Waals surface area (Å²) in [7, 11) is 1.49. The molecule has 0 spiro atoms. The molecular formula is C20H17F3N2O2. The van der Waals surface area contributed by atoms with Crippen LogP contribution in [0.3, 0.4) is 0 Å². The van der Waals surface area contributed by atoms with Gasteiger partial charge in [0.1, 0.15) is 0 Å². The molecule has 1 atom stereocenters. The van der Waals surface area contributed by atoms with E-state index >= 15 is 0 Å². The van der Waals surface area contributed by atoms with E-state index in [9.17, 15) is 22.8 Å². The fourth-order valence-electron chi connectivity index (χ4n) is 3.00. The van der Waals surface area contributed by atoms with Gasteiger partial charge in [0.25, 0.3) is 11.5 Å². The van der Waals surface area contributed by atoms with Gasteiger partial charge in [-0.2, -0.15) is 13.2 Å². The Morgan fingerprint density at radius 1 is 1.04 bits per heavy atom. The average molecular weight is 374 g/mol. The quantitative estimate of drug-likeness (QED) is 0.758. The number of carbonyl (C=O) groups is 1. The number of aryl methyl sites for hydroxylation is 1. The molecule has 0 saturated carbocycles. The Morgan fingerprint density at radius 2 is 1.63 bits per heavy atom. The first-order chi connectivity index (χ1) is 12.8. The molecule has 2 aromatic carbocycles. The lowest BCUT2D eigenvalue weighted by Crippen LogP contribution is -2.35. The zero-order valence-corrected chi connectivity index (χ0v) is 14.5. The van der Waals surface area contributed by atoms with Crippen molar-refractivity contribution in [3.05, 3.63) is 82.3 Å². The molecule has 1 amide bonds. The maximum absolute atomic E-state index is 13.4. The maximum Gasteiger partial charge on any atom is 0.397 e. The van der Waals surface area contributed by atoms with Crippen LogP contribution in [-0.4, -0.2) is 23.2 Å². The van der Waals surface area contributed by atoms with Gasteiger partial charge in [0.15, 0.2) is 0 Å². The normalized spacial score (nSPS) is 12.7. The minimum absolute atomic E-state index is 0.0793. The molecule has 0 fully saturated rings. The summed E-state index contributed by atoms with van der Waals surface area (Å²) in [5.41, 5.74) is -0.0445.